The summed E-state index contributed by atoms with van der Waals surface area (Å²) in [5.74, 6) is -8.46. The Morgan fingerprint density at radius 3 is 2.42 bits per heavy atom. The van der Waals surface area contributed by atoms with Crippen molar-refractivity contribution in [3.63, 3.8) is 0 Å². The van der Waals surface area contributed by atoms with Gasteiger partial charge in [0.05, 0.1) is 24.4 Å². The Morgan fingerprint density at radius 1 is 1.08 bits per heavy atom. The summed E-state index contributed by atoms with van der Waals surface area (Å²) in [4.78, 5) is 46.2. The number of rotatable bonds is 4. The molecule has 1 saturated heterocycles. The Hall–Kier alpha value is -4.03. The quantitative estimate of drug-likeness (QED) is 0.505. The smallest absolute Gasteiger partial charge is 0.326 e. The summed E-state index contributed by atoms with van der Waals surface area (Å²) >= 11 is 0. The van der Waals surface area contributed by atoms with Gasteiger partial charge in [-0.2, -0.15) is 22.7 Å². The first kappa shape index (κ1) is 24.3. The molecule has 2 fully saturated rings. The highest BCUT2D eigenvalue weighted by Crippen LogP contribution is 2.59. The number of carbonyl (C=O) groups is 1. The molecule has 3 aromatic rings. The molecule has 3 atom stereocenters. The van der Waals surface area contributed by atoms with E-state index in [0.29, 0.717) is 17.0 Å². The molecular formula is C25H22F4N6O3. The molecule has 4 heterocycles. The fourth-order valence-electron chi connectivity index (χ4n) is 5.68. The van der Waals surface area contributed by atoms with Crippen LogP contribution in [0.2, 0.25) is 0 Å². The molecular weight excluding hydrogens is 508 g/mol. The minimum atomic E-state index is -4.26. The molecule has 6 rings (SSSR count). The van der Waals surface area contributed by atoms with Crippen molar-refractivity contribution in [2.45, 2.75) is 42.9 Å². The molecule has 2 aliphatic heterocycles. The van der Waals surface area contributed by atoms with Crippen LogP contribution in [0.25, 0.3) is 0 Å². The maximum absolute atomic E-state index is 13.5. The lowest BCUT2D eigenvalue weighted by Crippen LogP contribution is -2.38. The highest BCUT2D eigenvalue weighted by atomic mass is 19.3. The Labute approximate surface area is 212 Å². The number of nitrogens with one attached hydrogen (secondary N) is 2. The number of hydrogen-bond donors (Lipinski definition) is 2. The molecule has 3 aliphatic rings. The molecule has 2 N–H and O–H groups in total. The number of H-pyrrole nitrogens is 2. The largest absolute Gasteiger partial charge is 0.329 e. The number of alkyl halides is 4. The number of hydrogen-bond acceptors (Lipinski definition) is 5. The number of nitrogens with zero attached hydrogens (tertiary/aromatic N) is 4. The molecule has 2 aromatic heterocycles. The minimum Gasteiger partial charge on any atom is -0.326 e. The zero-order valence-electron chi connectivity index (χ0n) is 20.1. The third-order valence-corrected chi connectivity index (χ3v) is 7.82. The maximum atomic E-state index is 13.5. The molecule has 1 unspecified atom stereocenters. The van der Waals surface area contributed by atoms with Crippen molar-refractivity contribution in [1.82, 2.24) is 24.5 Å². The van der Waals surface area contributed by atoms with Crippen LogP contribution in [0.3, 0.4) is 0 Å². The average Bonchev–Trinajstić information content (AvgIpc) is 3.46. The van der Waals surface area contributed by atoms with Crippen molar-refractivity contribution in [2.75, 3.05) is 13.1 Å². The normalized spacial score (nSPS) is 27.1. The van der Waals surface area contributed by atoms with E-state index in [1.165, 1.54) is 18.3 Å². The fourth-order valence-corrected chi connectivity index (χ4v) is 5.68. The number of aromatic nitrogens is 4. The molecule has 1 aliphatic carbocycles. The van der Waals surface area contributed by atoms with Gasteiger partial charge in [-0.25, -0.2) is 14.5 Å². The van der Waals surface area contributed by atoms with Crippen molar-refractivity contribution in [1.29, 1.82) is 0 Å². The van der Waals surface area contributed by atoms with Crippen LogP contribution in [0, 0.1) is 5.92 Å². The number of carbonyl (C=O) groups excluding carboxylic acids is 1. The summed E-state index contributed by atoms with van der Waals surface area (Å²) in [5, 5.41) is 4.54. The van der Waals surface area contributed by atoms with Crippen LogP contribution in [0.15, 0.2) is 57.5 Å². The van der Waals surface area contributed by atoms with Crippen LogP contribution >= 0.6 is 0 Å². The number of amides is 1. The van der Waals surface area contributed by atoms with Crippen LogP contribution in [0.5, 0.6) is 0 Å². The summed E-state index contributed by atoms with van der Waals surface area (Å²) in [7, 11) is 0. The summed E-state index contributed by atoms with van der Waals surface area (Å²) < 4.78 is 55.8. The molecule has 9 nitrogen and oxygen atoms in total. The van der Waals surface area contributed by atoms with Crippen LogP contribution in [0.4, 0.5) is 17.6 Å². The number of halogens is 4. The molecule has 1 saturated carbocycles. The second-order valence-corrected chi connectivity index (χ2v) is 10.4. The first-order valence-corrected chi connectivity index (χ1v) is 12.0. The maximum Gasteiger partial charge on any atom is 0.329 e. The van der Waals surface area contributed by atoms with E-state index in [0.717, 1.165) is 17.8 Å². The van der Waals surface area contributed by atoms with Crippen LogP contribution in [-0.4, -0.2) is 61.1 Å². The van der Waals surface area contributed by atoms with Gasteiger partial charge in [-0.15, -0.1) is 0 Å². The summed E-state index contributed by atoms with van der Waals surface area (Å²) in [6, 6.07) is 6.37. The van der Waals surface area contributed by atoms with Crippen LogP contribution in [0.1, 0.15) is 53.0 Å². The number of aromatic amines is 2. The number of likely N-dealkylation sites (tertiary alicyclic amines) is 1. The van der Waals surface area contributed by atoms with E-state index in [1.54, 1.807) is 29.2 Å². The predicted molar refractivity (Wildman–Crippen MR) is 127 cm³/mol. The summed E-state index contributed by atoms with van der Waals surface area (Å²) in [6.45, 7) is -0.604. The van der Waals surface area contributed by atoms with E-state index < -0.39 is 47.5 Å². The lowest BCUT2D eigenvalue weighted by molar-refractivity contribution is -0.172. The van der Waals surface area contributed by atoms with E-state index in [1.807, 2.05) is 6.92 Å². The number of fused-ring (bicyclic) bond motifs is 1. The zero-order valence-corrected chi connectivity index (χ0v) is 20.1. The highest BCUT2D eigenvalue weighted by molar-refractivity contribution is 6.01. The van der Waals surface area contributed by atoms with Gasteiger partial charge in [0.25, 0.3) is 11.5 Å². The molecule has 0 spiro atoms. The molecule has 198 valence electrons. The van der Waals surface area contributed by atoms with Crippen molar-refractivity contribution in [2.24, 2.45) is 11.0 Å². The third kappa shape index (κ3) is 3.71. The second kappa shape index (κ2) is 7.98. The second-order valence-electron chi connectivity index (χ2n) is 10.4. The standard InChI is InChI=1S/C25H22F4N6O3/c1-23(9-18(33-35-7-6-30-21(23)35)16-10-31-22(38)32-19(16)36)17-8-15(17)13-2-4-14(5-3-13)20(37)34-11-24(26,27)25(28,29)12-34/h2-7,10,15,17H,8-9,11-12H2,1H3,(H2,31,32,36,38)/t15-,17+,23?/m1/s1. The van der Waals surface area contributed by atoms with E-state index in [9.17, 15) is 31.9 Å². The van der Waals surface area contributed by atoms with Gasteiger partial charge in [-0.1, -0.05) is 19.1 Å². The van der Waals surface area contributed by atoms with Gasteiger partial charge in [0.1, 0.15) is 5.82 Å². The van der Waals surface area contributed by atoms with Crippen LogP contribution in [-0.2, 0) is 5.41 Å². The van der Waals surface area contributed by atoms with Gasteiger partial charge < -0.3 is 9.88 Å². The first-order valence-electron chi connectivity index (χ1n) is 12.0. The van der Waals surface area contributed by atoms with Gasteiger partial charge in [-0.05, 0) is 36.0 Å². The van der Waals surface area contributed by atoms with Gasteiger partial charge >= 0.3 is 17.5 Å². The van der Waals surface area contributed by atoms with Crippen LogP contribution < -0.4 is 11.2 Å². The molecule has 1 aromatic carbocycles. The summed E-state index contributed by atoms with van der Waals surface area (Å²) in [6.07, 6.45) is 5.84. The molecule has 0 bridgehead atoms. The monoisotopic (exact) mass is 530 g/mol. The molecule has 1 amide bonds. The SMILES string of the molecule is CC1([C@H]2C[C@@H]2c2ccc(C(=O)N3CC(F)(F)C(F)(F)C3)cc2)CC(c2c[nH]c(=O)[nH]c2=O)=Nn2ccnc21. The van der Waals surface area contributed by atoms with Crippen molar-refractivity contribution in [3.8, 4) is 0 Å². The summed E-state index contributed by atoms with van der Waals surface area (Å²) in [5.41, 5.74) is 0.0703. The van der Waals surface area contributed by atoms with Gasteiger partial charge in [0.2, 0.25) is 0 Å². The Kier molecular flexibility index (Phi) is 5.11. The molecule has 13 heteroatoms. The lowest BCUT2D eigenvalue weighted by Gasteiger charge is -2.33. The van der Waals surface area contributed by atoms with Crippen molar-refractivity contribution >= 4 is 11.6 Å². The van der Waals surface area contributed by atoms with Crippen molar-refractivity contribution < 1.29 is 22.4 Å². The third-order valence-electron chi connectivity index (χ3n) is 7.82. The van der Waals surface area contributed by atoms with Crippen molar-refractivity contribution in [3.05, 3.63) is 86.2 Å². The Bertz CT molecular complexity index is 1580. The van der Waals surface area contributed by atoms with E-state index in [2.05, 4.69) is 20.1 Å². The highest BCUT2D eigenvalue weighted by Gasteiger charge is 2.64. The zero-order chi connectivity index (χ0) is 27.0. The van der Waals surface area contributed by atoms with E-state index in [-0.39, 0.29) is 23.0 Å². The topological polar surface area (TPSA) is 116 Å². The van der Waals surface area contributed by atoms with Gasteiger partial charge in [0, 0.05) is 36.0 Å². The van der Waals surface area contributed by atoms with E-state index >= 15 is 0 Å². The average molecular weight is 530 g/mol. The molecule has 38 heavy (non-hydrogen) atoms. The Balaban J connectivity index is 1.23. The predicted octanol–water partition coefficient (Wildman–Crippen LogP) is 2.70. The molecule has 0 radical (unpaired) electrons. The first-order chi connectivity index (χ1) is 17.9. The number of imidazole rings is 1. The van der Waals surface area contributed by atoms with Gasteiger partial charge in [-0.3, -0.25) is 14.6 Å². The van der Waals surface area contributed by atoms with Gasteiger partial charge in [0.15, 0.2) is 0 Å². The Morgan fingerprint density at radius 2 is 1.76 bits per heavy atom. The minimum absolute atomic E-state index is 0.0607. The van der Waals surface area contributed by atoms with E-state index in [4.69, 9.17) is 0 Å². The number of benzene rings is 1. The fraction of sp³-hybridized carbons (Fsp3) is 0.400. The lowest BCUT2D eigenvalue weighted by atomic mass is 9.76.